The molecular formula is C22H17ClN4O4S. The van der Waals surface area contributed by atoms with Gasteiger partial charge in [0.05, 0.1) is 24.8 Å². The molecule has 8 nitrogen and oxygen atoms in total. The highest BCUT2D eigenvalue weighted by Crippen LogP contribution is 2.32. The number of benzene rings is 2. The van der Waals surface area contributed by atoms with Crippen molar-refractivity contribution in [1.82, 2.24) is 15.3 Å². The van der Waals surface area contributed by atoms with Gasteiger partial charge in [0.2, 0.25) is 5.89 Å². The number of nitrogens with one attached hydrogen (secondary N) is 2. The summed E-state index contributed by atoms with van der Waals surface area (Å²) in [6, 6.07) is 13.7. The molecule has 4 aromatic rings. The van der Waals surface area contributed by atoms with E-state index < -0.39 is 5.91 Å². The van der Waals surface area contributed by atoms with E-state index in [0.29, 0.717) is 44.9 Å². The second-order valence-corrected chi connectivity index (χ2v) is 7.30. The molecular weight excluding hydrogens is 452 g/mol. The summed E-state index contributed by atoms with van der Waals surface area (Å²) in [6.07, 6.45) is 1.63. The Balaban J connectivity index is 1.54. The van der Waals surface area contributed by atoms with E-state index in [0.717, 1.165) is 0 Å². The Morgan fingerprint density at radius 3 is 2.53 bits per heavy atom. The van der Waals surface area contributed by atoms with Crippen LogP contribution in [0.2, 0.25) is 5.02 Å². The highest BCUT2D eigenvalue weighted by molar-refractivity contribution is 7.80. The first-order chi connectivity index (χ1) is 15.5. The van der Waals surface area contributed by atoms with Crippen LogP contribution in [0.25, 0.3) is 22.7 Å². The lowest BCUT2D eigenvalue weighted by atomic mass is 10.1. The molecule has 4 rings (SSSR count). The van der Waals surface area contributed by atoms with E-state index in [1.165, 1.54) is 14.2 Å². The molecule has 0 saturated heterocycles. The van der Waals surface area contributed by atoms with Gasteiger partial charge in [-0.25, -0.2) is 4.98 Å². The molecule has 10 heteroatoms. The molecule has 0 unspecified atom stereocenters. The predicted molar refractivity (Wildman–Crippen MR) is 125 cm³/mol. The Morgan fingerprint density at radius 2 is 1.84 bits per heavy atom. The number of rotatable bonds is 5. The lowest BCUT2D eigenvalue weighted by molar-refractivity contribution is 0.0971. The first kappa shape index (κ1) is 21.5. The van der Waals surface area contributed by atoms with Crippen molar-refractivity contribution in [1.29, 1.82) is 0 Å². The summed E-state index contributed by atoms with van der Waals surface area (Å²) in [5.41, 5.74) is 2.39. The van der Waals surface area contributed by atoms with Crippen LogP contribution in [0.3, 0.4) is 0 Å². The topological polar surface area (TPSA) is 98.5 Å². The minimum atomic E-state index is -0.476. The van der Waals surface area contributed by atoms with Gasteiger partial charge in [0.15, 0.2) is 16.3 Å². The van der Waals surface area contributed by atoms with Crippen molar-refractivity contribution in [2.75, 3.05) is 19.5 Å². The van der Waals surface area contributed by atoms with Gasteiger partial charge in [0.1, 0.15) is 17.1 Å². The zero-order valence-corrected chi connectivity index (χ0v) is 18.6. The van der Waals surface area contributed by atoms with Gasteiger partial charge in [0.25, 0.3) is 5.91 Å². The fraction of sp³-hybridized carbons (Fsp3) is 0.0909. The molecule has 0 aliphatic rings. The van der Waals surface area contributed by atoms with E-state index in [1.807, 2.05) is 0 Å². The lowest BCUT2D eigenvalue weighted by Crippen LogP contribution is -2.34. The number of nitrogens with zero attached hydrogens (tertiary/aromatic N) is 2. The fourth-order valence-electron chi connectivity index (χ4n) is 3.05. The normalized spacial score (nSPS) is 10.6. The average Bonchev–Trinajstić information content (AvgIpc) is 3.23. The summed E-state index contributed by atoms with van der Waals surface area (Å²) >= 11 is 11.7. The third-order valence-corrected chi connectivity index (χ3v) is 5.04. The van der Waals surface area contributed by atoms with Crippen molar-refractivity contribution >= 4 is 51.8 Å². The zero-order chi connectivity index (χ0) is 22.7. The summed E-state index contributed by atoms with van der Waals surface area (Å²) in [7, 11) is 2.94. The number of halogens is 1. The number of carbonyl (C=O) groups is 1. The number of ether oxygens (including phenoxy) is 2. The van der Waals surface area contributed by atoms with Crippen LogP contribution in [-0.4, -0.2) is 35.2 Å². The monoisotopic (exact) mass is 468 g/mol. The van der Waals surface area contributed by atoms with Crippen LogP contribution in [-0.2, 0) is 0 Å². The van der Waals surface area contributed by atoms with Crippen LogP contribution in [0.4, 0.5) is 5.69 Å². The minimum Gasteiger partial charge on any atom is -0.496 e. The van der Waals surface area contributed by atoms with Gasteiger partial charge in [-0.2, -0.15) is 4.98 Å². The maximum Gasteiger partial charge on any atom is 0.264 e. The number of methoxy groups -OCH3 is 2. The van der Waals surface area contributed by atoms with Crippen LogP contribution in [0.1, 0.15) is 10.4 Å². The summed E-state index contributed by atoms with van der Waals surface area (Å²) < 4.78 is 16.3. The Morgan fingerprint density at radius 1 is 1.09 bits per heavy atom. The van der Waals surface area contributed by atoms with Crippen molar-refractivity contribution in [3.8, 4) is 23.0 Å². The predicted octanol–water partition coefficient (Wildman–Crippen LogP) is 4.69. The number of hydrogen-bond acceptors (Lipinski definition) is 7. The summed E-state index contributed by atoms with van der Waals surface area (Å²) in [5.74, 6) is 0.572. The number of hydrogen-bond donors (Lipinski definition) is 2. The molecule has 2 aromatic heterocycles. The number of anilines is 1. The second-order valence-electron chi connectivity index (χ2n) is 6.48. The Kier molecular flexibility index (Phi) is 6.20. The molecule has 2 N–H and O–H groups in total. The molecule has 0 radical (unpaired) electrons. The van der Waals surface area contributed by atoms with Crippen molar-refractivity contribution in [3.63, 3.8) is 0 Å². The molecule has 0 bridgehead atoms. The minimum absolute atomic E-state index is 0.0791. The van der Waals surface area contributed by atoms with E-state index in [2.05, 4.69) is 20.6 Å². The van der Waals surface area contributed by atoms with Crippen LogP contribution >= 0.6 is 23.8 Å². The van der Waals surface area contributed by atoms with Gasteiger partial charge in [-0.1, -0.05) is 17.7 Å². The number of carbonyl (C=O) groups excluding carboxylic acids is 1. The quantitative estimate of drug-likeness (QED) is 0.407. The largest absolute Gasteiger partial charge is 0.496 e. The Labute approximate surface area is 193 Å². The third kappa shape index (κ3) is 4.34. The van der Waals surface area contributed by atoms with Gasteiger partial charge in [-0.3, -0.25) is 10.1 Å². The summed E-state index contributed by atoms with van der Waals surface area (Å²) in [5, 5.41) is 6.11. The maximum absolute atomic E-state index is 12.8. The smallest absolute Gasteiger partial charge is 0.264 e. The molecule has 1 amide bonds. The molecule has 162 valence electrons. The van der Waals surface area contributed by atoms with E-state index in [1.54, 1.807) is 54.7 Å². The summed E-state index contributed by atoms with van der Waals surface area (Å²) in [6.45, 7) is 0. The van der Waals surface area contributed by atoms with Gasteiger partial charge in [-0.05, 0) is 54.7 Å². The van der Waals surface area contributed by atoms with Crippen LogP contribution in [0.5, 0.6) is 11.5 Å². The Hall–Kier alpha value is -3.69. The van der Waals surface area contributed by atoms with Crippen molar-refractivity contribution < 1.29 is 18.7 Å². The molecule has 0 saturated carbocycles. The lowest BCUT2D eigenvalue weighted by Gasteiger charge is -2.14. The molecule has 0 aliphatic heterocycles. The van der Waals surface area contributed by atoms with Crippen LogP contribution in [0.15, 0.2) is 59.1 Å². The number of pyridine rings is 1. The van der Waals surface area contributed by atoms with Crippen molar-refractivity contribution in [2.24, 2.45) is 0 Å². The summed E-state index contributed by atoms with van der Waals surface area (Å²) in [4.78, 5) is 21.3. The molecule has 32 heavy (non-hydrogen) atoms. The highest BCUT2D eigenvalue weighted by atomic mass is 35.5. The number of oxazole rings is 1. The van der Waals surface area contributed by atoms with Crippen molar-refractivity contribution in [3.05, 3.63) is 65.3 Å². The number of thiocarbonyl (C=S) groups is 1. The third-order valence-electron chi connectivity index (χ3n) is 4.50. The SMILES string of the molecule is COc1cccc(OC)c1C(=O)NC(=S)Nc1ccc(Cl)c(-c2nc3ncccc3o2)c1. The fourth-order valence-corrected chi connectivity index (χ4v) is 3.46. The van der Waals surface area contributed by atoms with Gasteiger partial charge in [-0.15, -0.1) is 0 Å². The number of fused-ring (bicyclic) bond motifs is 1. The molecule has 0 aliphatic carbocycles. The number of amides is 1. The van der Waals surface area contributed by atoms with Crippen LogP contribution < -0.4 is 20.1 Å². The van der Waals surface area contributed by atoms with E-state index in [4.69, 9.17) is 37.7 Å². The van der Waals surface area contributed by atoms with E-state index in [-0.39, 0.29) is 10.7 Å². The van der Waals surface area contributed by atoms with E-state index >= 15 is 0 Å². The van der Waals surface area contributed by atoms with Gasteiger partial charge < -0.3 is 19.2 Å². The molecule has 0 fully saturated rings. The standard InChI is InChI=1S/C22H17ClN4O4S/c1-29-15-5-3-6-16(30-2)18(15)20(28)27-22(32)25-12-8-9-14(23)13(11-12)21-26-19-17(31-21)7-4-10-24-19/h3-11H,1-2H3,(H2,25,27,28,32). The first-order valence-corrected chi connectivity index (χ1v) is 10.1. The molecule has 2 heterocycles. The molecule has 2 aromatic carbocycles. The second kappa shape index (κ2) is 9.21. The van der Waals surface area contributed by atoms with Gasteiger partial charge in [0, 0.05) is 11.9 Å². The van der Waals surface area contributed by atoms with Gasteiger partial charge >= 0.3 is 0 Å². The Bertz CT molecular complexity index is 1270. The van der Waals surface area contributed by atoms with Crippen molar-refractivity contribution in [2.45, 2.75) is 0 Å². The highest BCUT2D eigenvalue weighted by Gasteiger charge is 2.19. The maximum atomic E-state index is 12.8. The van der Waals surface area contributed by atoms with Crippen LogP contribution in [0, 0.1) is 0 Å². The number of aromatic nitrogens is 2. The molecule has 0 spiro atoms. The first-order valence-electron chi connectivity index (χ1n) is 9.35. The molecule has 0 atom stereocenters. The zero-order valence-electron chi connectivity index (χ0n) is 17.0. The van der Waals surface area contributed by atoms with E-state index in [9.17, 15) is 4.79 Å². The average molecular weight is 469 g/mol.